The Labute approximate surface area is 118 Å². The molecule has 4 nitrogen and oxygen atoms in total. The van der Waals surface area contributed by atoms with Crippen molar-refractivity contribution < 1.29 is 9.53 Å². The molecule has 20 heavy (non-hydrogen) atoms. The van der Waals surface area contributed by atoms with Gasteiger partial charge in [0.25, 0.3) is 5.91 Å². The van der Waals surface area contributed by atoms with Gasteiger partial charge in [-0.1, -0.05) is 35.9 Å². The van der Waals surface area contributed by atoms with E-state index in [0.29, 0.717) is 11.3 Å². The highest BCUT2D eigenvalue weighted by atomic mass is 16.5. The van der Waals surface area contributed by atoms with Gasteiger partial charge in [-0.25, -0.2) is 5.43 Å². The Kier molecular flexibility index (Phi) is 4.50. The predicted octanol–water partition coefficient (Wildman–Crippen LogP) is 2.77. The molecule has 0 aliphatic heterocycles. The van der Waals surface area contributed by atoms with Crippen LogP contribution in [-0.4, -0.2) is 19.2 Å². The molecule has 4 heteroatoms. The molecule has 0 aliphatic carbocycles. The van der Waals surface area contributed by atoms with Crippen LogP contribution in [0, 0.1) is 6.92 Å². The SMILES string of the molecule is COc1cccc(C(=O)N/N=C\c2cccc(C)c2)c1. The van der Waals surface area contributed by atoms with E-state index in [2.05, 4.69) is 10.5 Å². The second-order valence-corrected chi connectivity index (χ2v) is 4.35. The number of nitrogens with zero attached hydrogens (tertiary/aromatic N) is 1. The van der Waals surface area contributed by atoms with Crippen LogP contribution in [0.25, 0.3) is 0 Å². The van der Waals surface area contributed by atoms with Gasteiger partial charge in [0.05, 0.1) is 13.3 Å². The number of rotatable bonds is 4. The Bertz CT molecular complexity index is 636. The van der Waals surface area contributed by atoms with Crippen molar-refractivity contribution in [1.29, 1.82) is 0 Å². The molecular weight excluding hydrogens is 252 g/mol. The van der Waals surface area contributed by atoms with Crippen molar-refractivity contribution in [2.45, 2.75) is 6.92 Å². The smallest absolute Gasteiger partial charge is 0.271 e. The number of ether oxygens (including phenoxy) is 1. The lowest BCUT2D eigenvalue weighted by Gasteiger charge is -2.03. The summed E-state index contributed by atoms with van der Waals surface area (Å²) in [5.41, 5.74) is 5.09. The highest BCUT2D eigenvalue weighted by molar-refractivity contribution is 5.95. The van der Waals surface area contributed by atoms with E-state index >= 15 is 0 Å². The van der Waals surface area contributed by atoms with E-state index in [0.717, 1.165) is 11.1 Å². The van der Waals surface area contributed by atoms with Crippen LogP contribution in [0.5, 0.6) is 5.75 Å². The number of carbonyl (C=O) groups excluding carboxylic acids is 1. The van der Waals surface area contributed by atoms with Crippen LogP contribution < -0.4 is 10.2 Å². The summed E-state index contributed by atoms with van der Waals surface area (Å²) in [6, 6.07) is 14.8. The summed E-state index contributed by atoms with van der Waals surface area (Å²) in [6.07, 6.45) is 1.62. The number of hydrazone groups is 1. The second kappa shape index (κ2) is 6.52. The Morgan fingerprint density at radius 2 is 2.00 bits per heavy atom. The number of nitrogens with one attached hydrogen (secondary N) is 1. The zero-order valence-corrected chi connectivity index (χ0v) is 11.5. The number of amides is 1. The lowest BCUT2D eigenvalue weighted by Crippen LogP contribution is -2.17. The molecule has 0 aromatic heterocycles. The summed E-state index contributed by atoms with van der Waals surface area (Å²) in [5.74, 6) is 0.369. The number of benzene rings is 2. The first-order valence-corrected chi connectivity index (χ1v) is 6.23. The minimum absolute atomic E-state index is 0.271. The van der Waals surface area contributed by atoms with Crippen molar-refractivity contribution in [3.8, 4) is 5.75 Å². The van der Waals surface area contributed by atoms with Gasteiger partial charge in [-0.3, -0.25) is 4.79 Å². The largest absolute Gasteiger partial charge is 0.497 e. The van der Waals surface area contributed by atoms with E-state index < -0.39 is 0 Å². The average Bonchev–Trinajstić information content (AvgIpc) is 2.47. The third kappa shape index (κ3) is 3.68. The van der Waals surface area contributed by atoms with Crippen molar-refractivity contribution in [3.63, 3.8) is 0 Å². The number of hydrogen-bond donors (Lipinski definition) is 1. The molecule has 102 valence electrons. The molecule has 1 N–H and O–H groups in total. The molecule has 0 unspecified atom stereocenters. The van der Waals surface area contributed by atoms with Crippen LogP contribution in [0.2, 0.25) is 0 Å². The molecule has 2 rings (SSSR count). The van der Waals surface area contributed by atoms with E-state index in [1.165, 1.54) is 0 Å². The highest BCUT2D eigenvalue weighted by Crippen LogP contribution is 2.12. The summed E-state index contributed by atoms with van der Waals surface area (Å²) in [5, 5.41) is 3.95. The van der Waals surface area contributed by atoms with E-state index in [9.17, 15) is 4.79 Å². The van der Waals surface area contributed by atoms with Gasteiger partial charge < -0.3 is 4.74 Å². The van der Waals surface area contributed by atoms with Gasteiger partial charge in [-0.15, -0.1) is 0 Å². The molecule has 0 aliphatic rings. The lowest BCUT2D eigenvalue weighted by atomic mass is 10.2. The molecule has 0 heterocycles. The topological polar surface area (TPSA) is 50.7 Å². The highest BCUT2D eigenvalue weighted by Gasteiger charge is 2.04. The van der Waals surface area contributed by atoms with Gasteiger partial charge in [0.2, 0.25) is 0 Å². The van der Waals surface area contributed by atoms with Crippen LogP contribution in [0.1, 0.15) is 21.5 Å². The molecule has 0 fully saturated rings. The predicted molar refractivity (Wildman–Crippen MR) is 79.2 cm³/mol. The molecule has 0 spiro atoms. The lowest BCUT2D eigenvalue weighted by molar-refractivity contribution is 0.0955. The minimum Gasteiger partial charge on any atom is -0.497 e. The monoisotopic (exact) mass is 268 g/mol. The van der Waals surface area contributed by atoms with Gasteiger partial charge in [0.1, 0.15) is 5.75 Å². The molecule has 0 bridgehead atoms. The standard InChI is InChI=1S/C16H16N2O2/c1-12-5-3-6-13(9-12)11-17-18-16(19)14-7-4-8-15(10-14)20-2/h3-11H,1-2H3,(H,18,19)/b17-11-. The van der Waals surface area contributed by atoms with Gasteiger partial charge in [-0.2, -0.15) is 5.10 Å². The first kappa shape index (κ1) is 13.8. The van der Waals surface area contributed by atoms with Crippen molar-refractivity contribution in [3.05, 3.63) is 65.2 Å². The van der Waals surface area contributed by atoms with E-state index in [-0.39, 0.29) is 5.91 Å². The molecule has 0 radical (unpaired) electrons. The second-order valence-electron chi connectivity index (χ2n) is 4.35. The van der Waals surface area contributed by atoms with Crippen molar-refractivity contribution in [1.82, 2.24) is 5.43 Å². The molecule has 0 saturated heterocycles. The number of hydrogen-bond acceptors (Lipinski definition) is 3. The fraction of sp³-hybridized carbons (Fsp3) is 0.125. The van der Waals surface area contributed by atoms with Crippen LogP contribution in [-0.2, 0) is 0 Å². The molecule has 1 amide bonds. The van der Waals surface area contributed by atoms with Crippen molar-refractivity contribution >= 4 is 12.1 Å². The third-order valence-corrected chi connectivity index (χ3v) is 2.75. The van der Waals surface area contributed by atoms with E-state index in [1.54, 1.807) is 37.6 Å². The molecular formula is C16H16N2O2. The third-order valence-electron chi connectivity index (χ3n) is 2.75. The minimum atomic E-state index is -0.271. The summed E-state index contributed by atoms with van der Waals surface area (Å²) >= 11 is 0. The fourth-order valence-corrected chi connectivity index (χ4v) is 1.74. The Hall–Kier alpha value is -2.62. The van der Waals surface area contributed by atoms with Crippen LogP contribution >= 0.6 is 0 Å². The quantitative estimate of drug-likeness (QED) is 0.684. The fourth-order valence-electron chi connectivity index (χ4n) is 1.74. The zero-order valence-electron chi connectivity index (χ0n) is 11.5. The van der Waals surface area contributed by atoms with Gasteiger partial charge >= 0.3 is 0 Å². The van der Waals surface area contributed by atoms with Gasteiger partial charge in [0.15, 0.2) is 0 Å². The zero-order chi connectivity index (χ0) is 14.4. The summed E-state index contributed by atoms with van der Waals surface area (Å²) in [7, 11) is 1.56. The first-order chi connectivity index (χ1) is 9.69. The Balaban J connectivity index is 2.01. The van der Waals surface area contributed by atoms with Crippen LogP contribution in [0.4, 0.5) is 0 Å². The van der Waals surface area contributed by atoms with Crippen molar-refractivity contribution in [2.24, 2.45) is 5.10 Å². The maximum Gasteiger partial charge on any atom is 0.271 e. The van der Waals surface area contributed by atoms with E-state index in [1.807, 2.05) is 31.2 Å². The Morgan fingerprint density at radius 3 is 2.75 bits per heavy atom. The number of aryl methyl sites for hydroxylation is 1. The maximum absolute atomic E-state index is 11.9. The summed E-state index contributed by atoms with van der Waals surface area (Å²) in [4.78, 5) is 11.9. The number of methoxy groups -OCH3 is 1. The Morgan fingerprint density at radius 1 is 1.20 bits per heavy atom. The first-order valence-electron chi connectivity index (χ1n) is 6.23. The normalized spacial score (nSPS) is 10.5. The summed E-state index contributed by atoms with van der Waals surface area (Å²) < 4.78 is 5.07. The van der Waals surface area contributed by atoms with E-state index in [4.69, 9.17) is 4.74 Å². The molecule has 2 aromatic carbocycles. The van der Waals surface area contributed by atoms with Crippen LogP contribution in [0.3, 0.4) is 0 Å². The maximum atomic E-state index is 11.9. The molecule has 0 atom stereocenters. The van der Waals surface area contributed by atoms with Crippen molar-refractivity contribution in [2.75, 3.05) is 7.11 Å². The number of carbonyl (C=O) groups is 1. The van der Waals surface area contributed by atoms with Gasteiger partial charge in [-0.05, 0) is 30.7 Å². The summed E-state index contributed by atoms with van der Waals surface area (Å²) in [6.45, 7) is 2.01. The van der Waals surface area contributed by atoms with Crippen LogP contribution in [0.15, 0.2) is 53.6 Å². The molecule has 2 aromatic rings. The molecule has 0 saturated carbocycles. The average molecular weight is 268 g/mol. The van der Waals surface area contributed by atoms with Gasteiger partial charge in [0, 0.05) is 5.56 Å².